The third kappa shape index (κ3) is 4.87. The van der Waals surface area contributed by atoms with Gasteiger partial charge in [-0.2, -0.15) is 5.10 Å². The van der Waals surface area contributed by atoms with Gasteiger partial charge in [0.2, 0.25) is 0 Å². The van der Waals surface area contributed by atoms with Crippen LogP contribution in [0.25, 0.3) is 27.3 Å². The van der Waals surface area contributed by atoms with Crippen LogP contribution in [0.3, 0.4) is 0 Å². The number of fused-ring (bicyclic) bond motifs is 1. The van der Waals surface area contributed by atoms with Gasteiger partial charge in [-0.1, -0.05) is 40.2 Å². The van der Waals surface area contributed by atoms with Crippen LogP contribution in [0, 0.1) is 6.92 Å². The Labute approximate surface area is 232 Å². The Balaban J connectivity index is 1.53. The molecule has 1 amide bonds. The number of hydrogen-bond acceptors (Lipinski definition) is 6. The summed E-state index contributed by atoms with van der Waals surface area (Å²) < 4.78 is 7.74. The van der Waals surface area contributed by atoms with Crippen LogP contribution in [0.15, 0.2) is 77.5 Å². The molecule has 0 aliphatic heterocycles. The van der Waals surface area contributed by atoms with Gasteiger partial charge in [0, 0.05) is 45.0 Å². The molecule has 0 aliphatic carbocycles. The van der Waals surface area contributed by atoms with Crippen LogP contribution < -0.4 is 4.90 Å². The number of carbonyl (C=O) groups is 2. The zero-order chi connectivity index (χ0) is 27.0. The number of esters is 1. The second-order valence-electron chi connectivity index (χ2n) is 9.07. The first-order valence-electron chi connectivity index (χ1n) is 12.0. The van der Waals surface area contributed by atoms with Gasteiger partial charge in [0.05, 0.1) is 18.5 Å². The molecule has 38 heavy (non-hydrogen) atoms. The quantitative estimate of drug-likeness (QED) is 0.199. The molecule has 192 valence electrons. The normalized spacial score (nSPS) is 11.2. The number of thiophene rings is 1. The second-order valence-corrected chi connectivity index (χ2v) is 11.0. The van der Waals surface area contributed by atoms with Crippen molar-refractivity contribution in [3.63, 3.8) is 0 Å². The van der Waals surface area contributed by atoms with Gasteiger partial charge in [0.15, 0.2) is 5.65 Å². The van der Waals surface area contributed by atoms with Crippen LogP contribution >= 0.6 is 27.3 Å². The minimum atomic E-state index is -0.476. The first-order chi connectivity index (χ1) is 18.3. The molecule has 0 unspecified atom stereocenters. The number of rotatable bonds is 6. The van der Waals surface area contributed by atoms with Crippen LogP contribution in [-0.4, -0.2) is 39.6 Å². The van der Waals surface area contributed by atoms with Crippen molar-refractivity contribution in [2.24, 2.45) is 0 Å². The average molecular weight is 590 g/mol. The van der Waals surface area contributed by atoms with Crippen molar-refractivity contribution in [1.29, 1.82) is 0 Å². The Bertz CT molecular complexity index is 1620. The van der Waals surface area contributed by atoms with Gasteiger partial charge < -0.3 is 9.64 Å². The van der Waals surface area contributed by atoms with Gasteiger partial charge in [0.25, 0.3) is 5.91 Å². The van der Waals surface area contributed by atoms with E-state index >= 15 is 0 Å². The fourth-order valence-electron chi connectivity index (χ4n) is 4.34. The maximum Gasteiger partial charge on any atom is 0.350 e. The number of halogens is 1. The summed E-state index contributed by atoms with van der Waals surface area (Å²) >= 11 is 4.77. The van der Waals surface area contributed by atoms with Crippen molar-refractivity contribution in [3.05, 3.63) is 93.5 Å². The molecule has 0 N–H and O–H groups in total. The average Bonchev–Trinajstić information content (AvgIpc) is 3.53. The molecule has 0 aliphatic rings. The van der Waals surface area contributed by atoms with Crippen molar-refractivity contribution in [2.45, 2.75) is 26.8 Å². The predicted octanol–water partition coefficient (Wildman–Crippen LogP) is 7.04. The number of methoxy groups -OCH3 is 1. The molecule has 5 rings (SSSR count). The number of nitrogens with zero attached hydrogens (tertiary/aromatic N) is 4. The molecule has 0 radical (unpaired) electrons. The molecule has 0 saturated heterocycles. The molecule has 0 atom stereocenters. The van der Waals surface area contributed by atoms with E-state index in [1.54, 1.807) is 21.7 Å². The zero-order valence-electron chi connectivity index (χ0n) is 21.3. The minimum Gasteiger partial charge on any atom is -0.465 e. The number of ether oxygens (including phenoxy) is 1. The lowest BCUT2D eigenvalue weighted by molar-refractivity contribution is 0.0607. The Kier molecular flexibility index (Phi) is 7.14. The fraction of sp³-hybridized carbons (Fsp3) is 0.172. The molecule has 7 nitrogen and oxygen atoms in total. The Morgan fingerprint density at radius 2 is 1.79 bits per heavy atom. The molecule has 5 aromatic rings. The van der Waals surface area contributed by atoms with E-state index in [0.717, 1.165) is 37.4 Å². The van der Waals surface area contributed by atoms with E-state index in [2.05, 4.69) is 26.0 Å². The molecular weight excluding hydrogens is 564 g/mol. The van der Waals surface area contributed by atoms with E-state index in [0.29, 0.717) is 16.1 Å². The maximum atomic E-state index is 13.8. The number of anilines is 1. The number of carbonyl (C=O) groups excluding carboxylic acids is 2. The number of aryl methyl sites for hydroxylation is 1. The molecule has 0 bridgehead atoms. The molecule has 9 heteroatoms. The Morgan fingerprint density at radius 3 is 2.45 bits per heavy atom. The highest BCUT2D eigenvalue weighted by Crippen LogP contribution is 2.39. The summed E-state index contributed by atoms with van der Waals surface area (Å²) in [7, 11) is 1.35. The maximum absolute atomic E-state index is 13.8. The first kappa shape index (κ1) is 25.8. The van der Waals surface area contributed by atoms with Crippen LogP contribution in [0.1, 0.15) is 39.4 Å². The Morgan fingerprint density at radius 1 is 1.05 bits per heavy atom. The van der Waals surface area contributed by atoms with Crippen molar-refractivity contribution < 1.29 is 14.3 Å². The molecule has 0 fully saturated rings. The van der Waals surface area contributed by atoms with Gasteiger partial charge >= 0.3 is 5.97 Å². The first-order valence-corrected chi connectivity index (χ1v) is 13.6. The zero-order valence-corrected chi connectivity index (χ0v) is 23.7. The van der Waals surface area contributed by atoms with E-state index in [1.165, 1.54) is 18.4 Å². The largest absolute Gasteiger partial charge is 0.465 e. The number of benzene rings is 2. The molecule has 2 aromatic carbocycles. The summed E-state index contributed by atoms with van der Waals surface area (Å²) in [5, 5.41) is 4.59. The highest BCUT2D eigenvalue weighted by atomic mass is 79.9. The molecule has 0 spiro atoms. The van der Waals surface area contributed by atoms with Crippen LogP contribution in [0.4, 0.5) is 5.69 Å². The smallest absolute Gasteiger partial charge is 0.350 e. The summed E-state index contributed by atoms with van der Waals surface area (Å²) in [6.07, 6.45) is 3.60. The van der Waals surface area contributed by atoms with E-state index in [-0.39, 0.29) is 11.9 Å². The molecule has 0 saturated carbocycles. The lowest BCUT2D eigenvalue weighted by Crippen LogP contribution is -2.38. The summed E-state index contributed by atoms with van der Waals surface area (Å²) in [6, 6.07) is 19.0. The summed E-state index contributed by atoms with van der Waals surface area (Å²) in [5.74, 6) is -0.647. The van der Waals surface area contributed by atoms with Crippen molar-refractivity contribution >= 4 is 50.5 Å². The predicted molar refractivity (Wildman–Crippen MR) is 154 cm³/mol. The van der Waals surface area contributed by atoms with E-state index in [1.807, 2.05) is 81.6 Å². The molecular formula is C29H25BrN4O3S. The highest BCUT2D eigenvalue weighted by Gasteiger charge is 2.29. The van der Waals surface area contributed by atoms with Gasteiger partial charge in [-0.3, -0.25) is 4.79 Å². The van der Waals surface area contributed by atoms with Crippen molar-refractivity contribution in [2.75, 3.05) is 12.0 Å². The standard InChI is InChI=1S/C29H25BrN4O3S/c1-17(2)34(28(35)22-11-10-21(30)14-18(22)3)24-16-25(38-27(24)29(36)37-4)20-8-6-19(7-9-20)23-15-26-31-12-5-13-33(26)32-23/h5-17H,1-4H3. The highest BCUT2D eigenvalue weighted by molar-refractivity contribution is 9.10. The van der Waals surface area contributed by atoms with E-state index in [9.17, 15) is 9.59 Å². The number of amides is 1. The summed E-state index contributed by atoms with van der Waals surface area (Å²) in [4.78, 5) is 33.8. The van der Waals surface area contributed by atoms with E-state index < -0.39 is 5.97 Å². The lowest BCUT2D eigenvalue weighted by Gasteiger charge is -2.27. The fourth-order valence-corrected chi connectivity index (χ4v) is 5.89. The van der Waals surface area contributed by atoms with Crippen molar-refractivity contribution in [1.82, 2.24) is 14.6 Å². The number of aromatic nitrogens is 3. The minimum absolute atomic E-state index is 0.171. The summed E-state index contributed by atoms with van der Waals surface area (Å²) in [6.45, 7) is 5.77. The Hall–Kier alpha value is -3.82. The topological polar surface area (TPSA) is 76.8 Å². The summed E-state index contributed by atoms with van der Waals surface area (Å²) in [5.41, 5.74) is 5.44. The lowest BCUT2D eigenvalue weighted by atomic mass is 10.1. The van der Waals surface area contributed by atoms with Crippen molar-refractivity contribution in [3.8, 4) is 21.7 Å². The van der Waals surface area contributed by atoms with Crippen LogP contribution in [0.5, 0.6) is 0 Å². The van der Waals surface area contributed by atoms with Gasteiger partial charge in [-0.05, 0) is 62.2 Å². The SMILES string of the molecule is COC(=O)c1sc(-c2ccc(-c3cc4ncccn4n3)cc2)cc1N(C(=O)c1ccc(Br)cc1C)C(C)C. The van der Waals surface area contributed by atoms with Gasteiger partial charge in [-0.15, -0.1) is 11.3 Å². The number of hydrogen-bond donors (Lipinski definition) is 0. The third-order valence-electron chi connectivity index (χ3n) is 6.20. The second kappa shape index (κ2) is 10.5. The van der Waals surface area contributed by atoms with Crippen LogP contribution in [0.2, 0.25) is 0 Å². The van der Waals surface area contributed by atoms with Gasteiger partial charge in [0.1, 0.15) is 4.88 Å². The van der Waals surface area contributed by atoms with E-state index in [4.69, 9.17) is 4.74 Å². The third-order valence-corrected chi connectivity index (χ3v) is 7.84. The molecule has 3 aromatic heterocycles. The molecule has 3 heterocycles. The monoisotopic (exact) mass is 588 g/mol. The van der Waals surface area contributed by atoms with Gasteiger partial charge in [-0.25, -0.2) is 14.3 Å². The van der Waals surface area contributed by atoms with Crippen LogP contribution in [-0.2, 0) is 4.74 Å².